The summed E-state index contributed by atoms with van der Waals surface area (Å²) in [7, 11) is 1.47. The third kappa shape index (κ3) is 1.72. The van der Waals surface area contributed by atoms with Crippen molar-refractivity contribution in [1.82, 2.24) is 0 Å². The van der Waals surface area contributed by atoms with Crippen molar-refractivity contribution in [2.75, 3.05) is 25.4 Å². The third-order valence-electron chi connectivity index (χ3n) is 1.10. The maximum Gasteiger partial charge on any atom is 0.0811 e. The molecule has 3 heteroatoms. The number of hydrogen-bond donors (Lipinski definition) is 1. The van der Waals surface area contributed by atoms with Crippen LogP contribution < -0.4 is 5.06 Å². The molecule has 1 heterocycles. The standard InChI is InChI=1S/C4H9NOP/c6-5-1-3-7-4-2-5/h5H,1-4H2. The van der Waals surface area contributed by atoms with Crippen LogP contribution in [0.25, 0.3) is 0 Å². The lowest BCUT2D eigenvalue weighted by molar-refractivity contribution is -0.843. The van der Waals surface area contributed by atoms with E-state index in [0.29, 0.717) is 5.06 Å². The molecule has 7 heavy (non-hydrogen) atoms. The van der Waals surface area contributed by atoms with Crippen molar-refractivity contribution in [1.29, 1.82) is 0 Å². The highest BCUT2D eigenvalue weighted by molar-refractivity contribution is 7.38. The average Bonchev–Trinajstić information content (AvgIpc) is 1.69. The maximum atomic E-state index is 10.5. The molecular formula is C4H9NOP. The van der Waals surface area contributed by atoms with Crippen LogP contribution in [0.1, 0.15) is 0 Å². The van der Waals surface area contributed by atoms with Crippen molar-refractivity contribution in [2.24, 2.45) is 0 Å². The Kier molecular flexibility index (Phi) is 2.04. The number of rotatable bonds is 0. The van der Waals surface area contributed by atoms with Crippen molar-refractivity contribution < 1.29 is 5.06 Å². The topological polar surface area (TPSA) is 27.5 Å². The van der Waals surface area contributed by atoms with Crippen LogP contribution in [0.15, 0.2) is 0 Å². The summed E-state index contributed by atoms with van der Waals surface area (Å²) >= 11 is 0. The molecule has 0 aliphatic carbocycles. The van der Waals surface area contributed by atoms with E-state index in [2.05, 4.69) is 0 Å². The summed E-state index contributed by atoms with van der Waals surface area (Å²) in [4.78, 5) is 0. The van der Waals surface area contributed by atoms with Crippen LogP contribution in [-0.4, -0.2) is 25.4 Å². The van der Waals surface area contributed by atoms with Gasteiger partial charge in [-0.2, -0.15) is 0 Å². The molecule has 0 atom stereocenters. The first-order chi connectivity index (χ1) is 3.39. The lowest BCUT2D eigenvalue weighted by atomic mass is 10.6. The van der Waals surface area contributed by atoms with Gasteiger partial charge in [-0.1, -0.05) is 8.58 Å². The predicted octanol–water partition coefficient (Wildman–Crippen LogP) is -0.671. The molecule has 0 aromatic carbocycles. The summed E-state index contributed by atoms with van der Waals surface area (Å²) in [6.45, 7) is 1.67. The van der Waals surface area contributed by atoms with E-state index >= 15 is 0 Å². The quantitative estimate of drug-likeness (QED) is 0.331. The summed E-state index contributed by atoms with van der Waals surface area (Å²) in [6.07, 6.45) is 2.22. The monoisotopic (exact) mass is 118 g/mol. The Balaban J connectivity index is 2.12. The van der Waals surface area contributed by atoms with Crippen molar-refractivity contribution >= 4 is 8.58 Å². The fourth-order valence-corrected chi connectivity index (χ4v) is 1.68. The second kappa shape index (κ2) is 2.61. The zero-order valence-electron chi connectivity index (χ0n) is 4.18. The molecule has 0 aromatic heterocycles. The summed E-state index contributed by atoms with van der Waals surface area (Å²) < 4.78 is 0. The van der Waals surface area contributed by atoms with Crippen LogP contribution in [0.3, 0.4) is 0 Å². The van der Waals surface area contributed by atoms with Gasteiger partial charge in [0.25, 0.3) is 0 Å². The van der Waals surface area contributed by atoms with Gasteiger partial charge >= 0.3 is 0 Å². The number of hydrogen-bond acceptors (Lipinski definition) is 1. The van der Waals surface area contributed by atoms with Crippen LogP contribution in [0.5, 0.6) is 0 Å². The fourth-order valence-electron chi connectivity index (χ4n) is 0.644. The van der Waals surface area contributed by atoms with E-state index in [1.165, 1.54) is 8.58 Å². The lowest BCUT2D eigenvalue weighted by Gasteiger charge is -2.25. The molecule has 0 aromatic rings. The van der Waals surface area contributed by atoms with Gasteiger partial charge in [-0.05, 0) is 0 Å². The molecule has 0 unspecified atom stereocenters. The van der Waals surface area contributed by atoms with Gasteiger partial charge in [0, 0.05) is 12.3 Å². The number of hydroxylamine groups is 2. The first-order valence-electron chi connectivity index (χ1n) is 2.54. The van der Waals surface area contributed by atoms with Crippen LogP contribution >= 0.6 is 8.58 Å². The minimum absolute atomic E-state index is 0.457. The first-order valence-corrected chi connectivity index (χ1v) is 3.81. The van der Waals surface area contributed by atoms with Crippen molar-refractivity contribution in [3.63, 3.8) is 0 Å². The summed E-state index contributed by atoms with van der Waals surface area (Å²) in [5.74, 6) is 0. The van der Waals surface area contributed by atoms with E-state index in [0.717, 1.165) is 25.4 Å². The Bertz CT molecular complexity index is 53.7. The predicted molar refractivity (Wildman–Crippen MR) is 30.7 cm³/mol. The molecule has 0 spiro atoms. The van der Waals surface area contributed by atoms with Crippen LogP contribution in [0.2, 0.25) is 0 Å². The second-order valence-electron chi connectivity index (χ2n) is 1.71. The minimum Gasteiger partial charge on any atom is -0.634 e. The fraction of sp³-hybridized carbons (Fsp3) is 1.00. The molecule has 2 nitrogen and oxygen atoms in total. The highest BCUT2D eigenvalue weighted by Gasteiger charge is 2.03. The molecular weight excluding hydrogens is 109 g/mol. The van der Waals surface area contributed by atoms with E-state index < -0.39 is 0 Å². The lowest BCUT2D eigenvalue weighted by Crippen LogP contribution is -3.08. The molecule has 1 aliphatic heterocycles. The van der Waals surface area contributed by atoms with Crippen molar-refractivity contribution in [3.8, 4) is 0 Å². The number of nitrogens with one attached hydrogen (secondary N) is 1. The SMILES string of the molecule is [O-][NH+]1CC[P]CC1. The van der Waals surface area contributed by atoms with Gasteiger partial charge in [-0.15, -0.1) is 0 Å². The zero-order chi connectivity index (χ0) is 5.11. The Morgan fingerprint density at radius 1 is 1.29 bits per heavy atom. The highest BCUT2D eigenvalue weighted by Crippen LogP contribution is 2.06. The van der Waals surface area contributed by atoms with Crippen LogP contribution in [0.4, 0.5) is 0 Å². The van der Waals surface area contributed by atoms with Gasteiger partial charge in [0.2, 0.25) is 0 Å². The summed E-state index contributed by atoms with van der Waals surface area (Å²) in [5, 5.41) is 10.9. The molecule has 0 amide bonds. The Morgan fingerprint density at radius 3 is 2.14 bits per heavy atom. The molecule has 0 saturated carbocycles. The summed E-state index contributed by atoms with van der Waals surface area (Å²) in [5.41, 5.74) is 0. The van der Waals surface area contributed by atoms with Crippen molar-refractivity contribution in [2.45, 2.75) is 0 Å². The van der Waals surface area contributed by atoms with Gasteiger partial charge < -0.3 is 10.3 Å². The average molecular weight is 118 g/mol. The van der Waals surface area contributed by atoms with E-state index in [9.17, 15) is 5.21 Å². The molecule has 41 valence electrons. The molecule has 1 rings (SSSR count). The van der Waals surface area contributed by atoms with E-state index in [-0.39, 0.29) is 0 Å². The number of quaternary nitrogens is 1. The van der Waals surface area contributed by atoms with Gasteiger partial charge in [0.15, 0.2) is 0 Å². The Labute approximate surface area is 45.3 Å². The van der Waals surface area contributed by atoms with Gasteiger partial charge in [0.05, 0.1) is 13.1 Å². The normalized spacial score (nSPS) is 36.4. The molecule has 1 saturated heterocycles. The van der Waals surface area contributed by atoms with Gasteiger partial charge in [-0.3, -0.25) is 0 Å². The molecule has 1 fully saturated rings. The molecule has 0 bridgehead atoms. The molecule has 1 N–H and O–H groups in total. The molecule has 1 aliphatic rings. The Hall–Kier alpha value is 0.350. The zero-order valence-corrected chi connectivity index (χ0v) is 5.08. The van der Waals surface area contributed by atoms with Gasteiger partial charge in [-0.25, -0.2) is 0 Å². The largest absolute Gasteiger partial charge is 0.634 e. The highest BCUT2D eigenvalue weighted by atomic mass is 31.1. The minimum atomic E-state index is 0.457. The molecule has 1 radical (unpaired) electrons. The van der Waals surface area contributed by atoms with E-state index in [1.807, 2.05) is 0 Å². The first kappa shape index (κ1) is 5.49. The Morgan fingerprint density at radius 2 is 1.86 bits per heavy atom. The van der Waals surface area contributed by atoms with Crippen molar-refractivity contribution in [3.05, 3.63) is 5.21 Å². The van der Waals surface area contributed by atoms with E-state index in [1.54, 1.807) is 0 Å². The van der Waals surface area contributed by atoms with Crippen LogP contribution in [-0.2, 0) is 0 Å². The van der Waals surface area contributed by atoms with Gasteiger partial charge in [0.1, 0.15) is 0 Å². The van der Waals surface area contributed by atoms with E-state index in [4.69, 9.17) is 0 Å². The van der Waals surface area contributed by atoms with Crippen LogP contribution in [0, 0.1) is 5.21 Å². The smallest absolute Gasteiger partial charge is 0.0811 e. The maximum absolute atomic E-state index is 10.5. The summed E-state index contributed by atoms with van der Waals surface area (Å²) in [6, 6.07) is 0. The third-order valence-corrected chi connectivity index (χ3v) is 2.18. The second-order valence-corrected chi connectivity index (χ2v) is 3.05.